The molecule has 1 saturated heterocycles. The highest BCUT2D eigenvalue weighted by Gasteiger charge is 2.28. The van der Waals surface area contributed by atoms with Crippen molar-refractivity contribution in [2.24, 2.45) is 5.73 Å². The predicted molar refractivity (Wildman–Crippen MR) is 67.5 cm³/mol. The first kappa shape index (κ1) is 14.4. The minimum absolute atomic E-state index is 0. The average molecular weight is 278 g/mol. The van der Waals surface area contributed by atoms with Crippen LogP contribution in [0.1, 0.15) is 12.8 Å². The quantitative estimate of drug-likeness (QED) is 0.860. The summed E-state index contributed by atoms with van der Waals surface area (Å²) in [5, 5.41) is 0. The fourth-order valence-corrected chi connectivity index (χ4v) is 3.20. The minimum Gasteiger partial charge on any atom is -0.328 e. The first-order chi connectivity index (χ1) is 7.60. The van der Waals surface area contributed by atoms with Crippen LogP contribution >= 0.6 is 12.4 Å². The van der Waals surface area contributed by atoms with Crippen LogP contribution in [0.25, 0.3) is 0 Å². The highest BCUT2D eigenvalue weighted by molar-refractivity contribution is 7.89. The monoisotopic (exact) mass is 277 g/mol. The van der Waals surface area contributed by atoms with Gasteiger partial charge in [-0.3, -0.25) is 4.98 Å². The Kier molecular flexibility index (Phi) is 4.88. The molecule has 5 nitrogen and oxygen atoms in total. The third-order valence-corrected chi connectivity index (χ3v) is 4.65. The molecule has 0 bridgehead atoms. The molecule has 2 N–H and O–H groups in total. The number of nitrogens with two attached hydrogens (primary N) is 1. The Balaban J connectivity index is 0.00000144. The van der Waals surface area contributed by atoms with Gasteiger partial charge in [-0.05, 0) is 25.0 Å². The van der Waals surface area contributed by atoms with Gasteiger partial charge in [0.2, 0.25) is 10.0 Å². The molecule has 1 aliphatic heterocycles. The summed E-state index contributed by atoms with van der Waals surface area (Å²) in [5.41, 5.74) is 5.75. The summed E-state index contributed by atoms with van der Waals surface area (Å²) in [7, 11) is -3.37. The van der Waals surface area contributed by atoms with Crippen LogP contribution in [0.15, 0.2) is 29.4 Å². The van der Waals surface area contributed by atoms with Gasteiger partial charge in [0.15, 0.2) is 0 Å². The van der Waals surface area contributed by atoms with E-state index in [0.717, 1.165) is 12.8 Å². The van der Waals surface area contributed by atoms with Crippen molar-refractivity contribution in [3.63, 3.8) is 0 Å². The van der Waals surface area contributed by atoms with Crippen LogP contribution in [-0.2, 0) is 10.0 Å². The van der Waals surface area contributed by atoms with E-state index in [2.05, 4.69) is 4.98 Å². The van der Waals surface area contributed by atoms with Crippen molar-refractivity contribution in [1.29, 1.82) is 0 Å². The molecule has 1 aromatic heterocycles. The molecule has 0 saturated carbocycles. The van der Waals surface area contributed by atoms with Gasteiger partial charge in [0.25, 0.3) is 0 Å². The highest BCUT2D eigenvalue weighted by Crippen LogP contribution is 2.18. The summed E-state index contributed by atoms with van der Waals surface area (Å²) in [6.45, 7) is 0.997. The second-order valence-corrected chi connectivity index (χ2v) is 5.87. The Morgan fingerprint density at radius 1 is 1.35 bits per heavy atom. The zero-order valence-corrected chi connectivity index (χ0v) is 11.0. The topological polar surface area (TPSA) is 76.3 Å². The summed E-state index contributed by atoms with van der Waals surface area (Å²) < 4.78 is 25.8. The van der Waals surface area contributed by atoms with Gasteiger partial charge in [-0.15, -0.1) is 12.4 Å². The lowest BCUT2D eigenvalue weighted by atomic mass is 10.1. The van der Waals surface area contributed by atoms with Gasteiger partial charge < -0.3 is 5.73 Å². The Morgan fingerprint density at radius 3 is 2.53 bits per heavy atom. The van der Waals surface area contributed by atoms with Crippen LogP contribution < -0.4 is 5.73 Å². The van der Waals surface area contributed by atoms with Gasteiger partial charge in [-0.1, -0.05) is 0 Å². The van der Waals surface area contributed by atoms with E-state index in [-0.39, 0.29) is 23.3 Å². The largest absolute Gasteiger partial charge is 0.328 e. The van der Waals surface area contributed by atoms with E-state index in [9.17, 15) is 8.42 Å². The predicted octanol–water partition coefficient (Wildman–Crippen LogP) is 0.615. The lowest BCUT2D eigenvalue weighted by Gasteiger charge is -2.29. The van der Waals surface area contributed by atoms with E-state index in [1.165, 1.54) is 10.5 Å². The number of hydrogen-bond donors (Lipinski definition) is 1. The van der Waals surface area contributed by atoms with Gasteiger partial charge in [0.05, 0.1) is 0 Å². The highest BCUT2D eigenvalue weighted by atomic mass is 35.5. The minimum atomic E-state index is -3.37. The molecule has 0 aromatic carbocycles. The molecule has 0 spiro atoms. The fraction of sp³-hybridized carbons (Fsp3) is 0.500. The lowest BCUT2D eigenvalue weighted by molar-refractivity contribution is 0.320. The molecular weight excluding hydrogens is 262 g/mol. The number of rotatable bonds is 2. The number of aromatic nitrogens is 1. The van der Waals surface area contributed by atoms with Crippen LogP contribution in [-0.4, -0.2) is 36.8 Å². The standard InChI is InChI=1S/C10H15N3O2S.ClH/c11-9-3-6-13(7-4-9)16(14,15)10-2-1-5-12-8-10;/h1-2,5,8-9H,3-4,6-7,11H2;1H. The van der Waals surface area contributed by atoms with Gasteiger partial charge in [0, 0.05) is 31.5 Å². The van der Waals surface area contributed by atoms with Crippen LogP contribution in [0.2, 0.25) is 0 Å². The molecule has 1 fully saturated rings. The Bertz CT molecular complexity index is 444. The van der Waals surface area contributed by atoms with E-state index in [4.69, 9.17) is 5.73 Å². The molecule has 2 rings (SSSR count). The zero-order valence-electron chi connectivity index (χ0n) is 9.32. The SMILES string of the molecule is Cl.NC1CCN(S(=O)(=O)c2cccnc2)CC1. The number of hydrogen-bond acceptors (Lipinski definition) is 4. The van der Waals surface area contributed by atoms with Gasteiger partial charge in [-0.25, -0.2) is 8.42 Å². The van der Waals surface area contributed by atoms with Crippen LogP contribution in [0, 0.1) is 0 Å². The van der Waals surface area contributed by atoms with Crippen molar-refractivity contribution in [3.8, 4) is 0 Å². The molecule has 0 aliphatic carbocycles. The van der Waals surface area contributed by atoms with Crippen molar-refractivity contribution in [2.75, 3.05) is 13.1 Å². The molecule has 17 heavy (non-hydrogen) atoms. The van der Waals surface area contributed by atoms with Crippen molar-refractivity contribution < 1.29 is 8.42 Å². The van der Waals surface area contributed by atoms with E-state index in [1.807, 2.05) is 0 Å². The smallest absolute Gasteiger partial charge is 0.244 e. The van der Waals surface area contributed by atoms with E-state index < -0.39 is 10.0 Å². The molecular formula is C10H16ClN3O2S. The molecule has 0 radical (unpaired) electrons. The fourth-order valence-electron chi connectivity index (χ4n) is 1.76. The summed E-state index contributed by atoms with van der Waals surface area (Å²) in [4.78, 5) is 4.09. The third-order valence-electron chi connectivity index (χ3n) is 2.77. The van der Waals surface area contributed by atoms with Gasteiger partial charge in [0.1, 0.15) is 4.90 Å². The van der Waals surface area contributed by atoms with E-state index in [1.54, 1.807) is 18.3 Å². The summed E-state index contributed by atoms with van der Waals surface area (Å²) >= 11 is 0. The van der Waals surface area contributed by atoms with Crippen molar-refractivity contribution >= 4 is 22.4 Å². The zero-order chi connectivity index (χ0) is 11.6. The molecule has 1 aliphatic rings. The van der Waals surface area contributed by atoms with E-state index >= 15 is 0 Å². The first-order valence-electron chi connectivity index (χ1n) is 5.26. The van der Waals surface area contributed by atoms with Crippen LogP contribution in [0.3, 0.4) is 0 Å². The Morgan fingerprint density at radius 2 is 2.00 bits per heavy atom. The van der Waals surface area contributed by atoms with Crippen LogP contribution in [0.5, 0.6) is 0 Å². The Labute approximate surface area is 107 Å². The third kappa shape index (κ3) is 3.16. The number of halogens is 1. The summed E-state index contributed by atoms with van der Waals surface area (Å²) in [6.07, 6.45) is 4.38. The summed E-state index contributed by atoms with van der Waals surface area (Å²) in [5.74, 6) is 0. The Hall–Kier alpha value is -0.690. The number of pyridine rings is 1. The molecule has 2 heterocycles. The summed E-state index contributed by atoms with van der Waals surface area (Å²) in [6, 6.07) is 3.32. The first-order valence-corrected chi connectivity index (χ1v) is 6.70. The normalized spacial score (nSPS) is 18.6. The van der Waals surface area contributed by atoms with Crippen molar-refractivity contribution in [1.82, 2.24) is 9.29 Å². The molecule has 96 valence electrons. The average Bonchev–Trinajstić information content (AvgIpc) is 2.31. The molecule has 0 unspecified atom stereocenters. The number of nitrogens with zero attached hydrogens (tertiary/aromatic N) is 2. The van der Waals surface area contributed by atoms with Gasteiger partial charge in [-0.2, -0.15) is 4.31 Å². The lowest BCUT2D eigenvalue weighted by Crippen LogP contribution is -2.42. The second-order valence-electron chi connectivity index (χ2n) is 3.93. The molecule has 7 heteroatoms. The maximum absolute atomic E-state index is 12.1. The second kappa shape index (κ2) is 5.77. The van der Waals surface area contributed by atoms with Crippen molar-refractivity contribution in [3.05, 3.63) is 24.5 Å². The molecule has 1 aromatic rings. The maximum Gasteiger partial charge on any atom is 0.244 e. The van der Waals surface area contributed by atoms with Crippen molar-refractivity contribution in [2.45, 2.75) is 23.8 Å². The maximum atomic E-state index is 12.1. The van der Waals surface area contributed by atoms with Crippen LogP contribution in [0.4, 0.5) is 0 Å². The van der Waals surface area contributed by atoms with E-state index in [0.29, 0.717) is 13.1 Å². The number of piperidine rings is 1. The molecule has 0 atom stereocenters. The van der Waals surface area contributed by atoms with Gasteiger partial charge >= 0.3 is 0 Å². The molecule has 0 amide bonds. The number of sulfonamides is 1.